The van der Waals surface area contributed by atoms with Gasteiger partial charge < -0.3 is 35.0 Å². The predicted octanol–water partition coefficient (Wildman–Crippen LogP) is 4.44. The number of ether oxygens (including phenoxy) is 3. The van der Waals surface area contributed by atoms with Crippen molar-refractivity contribution in [3.63, 3.8) is 0 Å². The lowest BCUT2D eigenvalue weighted by molar-refractivity contribution is -0.137. The minimum Gasteiger partial charge on any atom is -0.425 e. The maximum atomic E-state index is 13.0. The molecule has 0 aliphatic carbocycles. The molecule has 0 fully saturated rings. The van der Waals surface area contributed by atoms with Crippen molar-refractivity contribution in [1.29, 1.82) is 0 Å². The third-order valence-electron chi connectivity index (χ3n) is 6.41. The predicted molar refractivity (Wildman–Crippen MR) is 162 cm³/mol. The molecule has 11 nitrogen and oxygen atoms in total. The van der Waals surface area contributed by atoms with Crippen molar-refractivity contribution in [2.75, 3.05) is 0 Å². The molecule has 0 heterocycles. The highest BCUT2D eigenvalue weighted by Gasteiger charge is 2.28. The zero-order valence-corrected chi connectivity index (χ0v) is 25.0. The van der Waals surface area contributed by atoms with Crippen LogP contribution in [0.15, 0.2) is 84.9 Å². The maximum Gasteiger partial charge on any atom is 0.413 e. The second-order valence-electron chi connectivity index (χ2n) is 10.7. The molecule has 0 aromatic heterocycles. The van der Waals surface area contributed by atoms with Gasteiger partial charge in [-0.25, -0.2) is 14.4 Å². The molecule has 44 heavy (non-hydrogen) atoms. The van der Waals surface area contributed by atoms with Gasteiger partial charge in [-0.1, -0.05) is 76.2 Å². The van der Waals surface area contributed by atoms with Crippen molar-refractivity contribution in [1.82, 2.24) is 16.0 Å². The fourth-order valence-corrected chi connectivity index (χ4v) is 4.07. The number of para-hydroxylation sites is 2. The highest BCUT2D eigenvalue weighted by Crippen LogP contribution is 2.17. The number of hydrogen-bond donors (Lipinski definition) is 3. The van der Waals surface area contributed by atoms with Crippen LogP contribution in [-0.4, -0.2) is 48.5 Å². The van der Waals surface area contributed by atoms with Crippen LogP contribution in [0.1, 0.15) is 33.3 Å². The first-order valence-corrected chi connectivity index (χ1v) is 14.2. The average Bonchev–Trinajstić information content (AvgIpc) is 2.99. The highest BCUT2D eigenvalue weighted by molar-refractivity contribution is 5.88. The van der Waals surface area contributed by atoms with E-state index < -0.39 is 42.2 Å². The fraction of sp³-hybridized carbons (Fsp3) is 0.303. The summed E-state index contributed by atoms with van der Waals surface area (Å²) in [7, 11) is 0. The molecule has 0 aliphatic heterocycles. The monoisotopic (exact) mass is 603 g/mol. The van der Waals surface area contributed by atoms with Crippen LogP contribution in [0.5, 0.6) is 17.2 Å². The molecule has 3 N–H and O–H groups in total. The van der Waals surface area contributed by atoms with Crippen molar-refractivity contribution >= 4 is 30.3 Å². The smallest absolute Gasteiger partial charge is 0.413 e. The molecule has 0 bridgehead atoms. The van der Waals surface area contributed by atoms with Gasteiger partial charge in [0.05, 0.1) is 6.04 Å². The van der Waals surface area contributed by atoms with Gasteiger partial charge in [0.2, 0.25) is 5.91 Å². The zero-order chi connectivity index (χ0) is 32.1. The Morgan fingerprint density at radius 1 is 0.614 bits per heavy atom. The summed E-state index contributed by atoms with van der Waals surface area (Å²) in [5, 5.41) is 7.75. The molecule has 0 aliphatic rings. The van der Waals surface area contributed by atoms with Crippen LogP contribution in [0.3, 0.4) is 0 Å². The molecular formula is C33H37N3O8. The summed E-state index contributed by atoms with van der Waals surface area (Å²) in [5.41, 5.74) is 0.685. The Morgan fingerprint density at radius 3 is 1.52 bits per heavy atom. The first kappa shape index (κ1) is 33.3. The van der Waals surface area contributed by atoms with E-state index in [0.717, 1.165) is 0 Å². The number of rotatable bonds is 13. The highest BCUT2D eigenvalue weighted by atomic mass is 16.6. The lowest BCUT2D eigenvalue weighted by Crippen LogP contribution is -2.53. The number of carbonyl (C=O) groups is 5. The summed E-state index contributed by atoms with van der Waals surface area (Å²) in [4.78, 5) is 62.3. The van der Waals surface area contributed by atoms with E-state index >= 15 is 0 Å². The van der Waals surface area contributed by atoms with Crippen LogP contribution in [0.25, 0.3) is 0 Å². The van der Waals surface area contributed by atoms with Crippen LogP contribution in [-0.2, 0) is 20.8 Å². The van der Waals surface area contributed by atoms with Gasteiger partial charge in [-0.3, -0.25) is 4.79 Å². The zero-order valence-electron chi connectivity index (χ0n) is 25.0. The van der Waals surface area contributed by atoms with E-state index in [1.807, 2.05) is 0 Å². The molecule has 0 radical (unpaired) electrons. The first-order chi connectivity index (χ1) is 21.0. The van der Waals surface area contributed by atoms with E-state index in [4.69, 9.17) is 14.2 Å². The molecule has 3 amide bonds. The van der Waals surface area contributed by atoms with E-state index in [1.54, 1.807) is 113 Å². The Kier molecular flexibility index (Phi) is 12.5. The summed E-state index contributed by atoms with van der Waals surface area (Å²) < 4.78 is 15.9. The minimum absolute atomic E-state index is 0.157. The van der Waals surface area contributed by atoms with Crippen molar-refractivity contribution < 1.29 is 38.2 Å². The summed E-state index contributed by atoms with van der Waals surface area (Å²) in [6.07, 6.45) is -0.809. The van der Waals surface area contributed by atoms with Gasteiger partial charge in [0.15, 0.2) is 0 Å². The lowest BCUT2D eigenvalue weighted by Gasteiger charge is -2.23. The van der Waals surface area contributed by atoms with E-state index in [0.29, 0.717) is 23.3 Å². The topological polar surface area (TPSA) is 149 Å². The van der Waals surface area contributed by atoms with Gasteiger partial charge in [-0.15, -0.1) is 0 Å². The number of nitrogens with one attached hydrogen (secondary N) is 3. The van der Waals surface area contributed by atoms with Gasteiger partial charge in [0.1, 0.15) is 35.6 Å². The number of benzene rings is 3. The Morgan fingerprint density at radius 2 is 1.07 bits per heavy atom. The largest absolute Gasteiger partial charge is 0.425 e. The molecular weight excluding hydrogens is 566 g/mol. The number of amides is 3. The Bertz CT molecular complexity index is 1400. The van der Waals surface area contributed by atoms with Crippen LogP contribution in [0.4, 0.5) is 9.59 Å². The SMILES string of the molecule is CC(C)[C@H](NC(=O)Oc1ccccc1)C(=O)NC(C=O)Cc1ccc(OC(=O)[C@@H](NC(=O)Oc2ccccc2)C(C)C)cc1. The van der Waals surface area contributed by atoms with Gasteiger partial charge in [-0.05, 0) is 60.2 Å². The number of esters is 1. The van der Waals surface area contributed by atoms with Gasteiger partial charge >= 0.3 is 18.2 Å². The summed E-state index contributed by atoms with van der Waals surface area (Å²) in [6.45, 7) is 7.04. The normalized spacial score (nSPS) is 12.8. The van der Waals surface area contributed by atoms with Crippen molar-refractivity contribution in [3.05, 3.63) is 90.5 Å². The van der Waals surface area contributed by atoms with Crippen molar-refractivity contribution in [3.8, 4) is 17.2 Å². The summed E-state index contributed by atoms with van der Waals surface area (Å²) >= 11 is 0. The van der Waals surface area contributed by atoms with Crippen LogP contribution >= 0.6 is 0 Å². The first-order valence-electron chi connectivity index (χ1n) is 14.2. The number of aldehydes is 1. The number of carbonyl (C=O) groups excluding carboxylic acids is 5. The van der Waals surface area contributed by atoms with E-state index in [9.17, 15) is 24.0 Å². The summed E-state index contributed by atoms with van der Waals surface area (Å²) in [6, 6.07) is 20.5. The maximum absolute atomic E-state index is 13.0. The molecule has 3 atom stereocenters. The number of hydrogen-bond acceptors (Lipinski definition) is 8. The second-order valence-corrected chi connectivity index (χ2v) is 10.7. The average molecular weight is 604 g/mol. The van der Waals surface area contributed by atoms with Crippen LogP contribution < -0.4 is 30.2 Å². The molecule has 3 aromatic rings. The van der Waals surface area contributed by atoms with Gasteiger partial charge in [0, 0.05) is 0 Å². The van der Waals surface area contributed by atoms with E-state index in [-0.39, 0.29) is 24.0 Å². The quantitative estimate of drug-likeness (QED) is 0.147. The fourth-order valence-electron chi connectivity index (χ4n) is 4.07. The second kappa shape index (κ2) is 16.4. The standard InChI is InChI=1S/C33H37N3O8/c1-21(2)28(35-32(40)43-25-11-7-5-8-12-25)30(38)34-24(20-37)19-23-15-17-27(18-16-23)42-31(39)29(22(3)4)36-33(41)44-26-13-9-6-10-14-26/h5-18,20-22,24,28-29H,19H2,1-4H3,(H,34,38)(H,35,40)(H,36,41)/t24?,28-,29-/m0/s1. The minimum atomic E-state index is -0.965. The van der Waals surface area contributed by atoms with Crippen LogP contribution in [0, 0.1) is 11.8 Å². The molecule has 232 valence electrons. The van der Waals surface area contributed by atoms with E-state index in [2.05, 4.69) is 16.0 Å². The molecule has 0 spiro atoms. The molecule has 11 heteroatoms. The Balaban J connectivity index is 1.54. The van der Waals surface area contributed by atoms with Gasteiger partial charge in [0.25, 0.3) is 0 Å². The Labute approximate surface area is 256 Å². The third-order valence-corrected chi connectivity index (χ3v) is 6.41. The molecule has 0 saturated carbocycles. The molecule has 1 unspecified atom stereocenters. The molecule has 3 rings (SSSR count). The van der Waals surface area contributed by atoms with Crippen molar-refractivity contribution in [2.24, 2.45) is 11.8 Å². The molecule has 0 saturated heterocycles. The van der Waals surface area contributed by atoms with Gasteiger partial charge in [-0.2, -0.15) is 0 Å². The summed E-state index contributed by atoms with van der Waals surface area (Å²) in [5.74, 6) is -0.887. The third kappa shape index (κ3) is 10.6. The Hall–Kier alpha value is -5.19. The van der Waals surface area contributed by atoms with E-state index in [1.165, 1.54) is 0 Å². The lowest BCUT2D eigenvalue weighted by atomic mass is 10.0. The molecule has 3 aromatic carbocycles. The van der Waals surface area contributed by atoms with Crippen molar-refractivity contribution in [2.45, 2.75) is 52.2 Å². The van der Waals surface area contributed by atoms with Crippen LogP contribution in [0.2, 0.25) is 0 Å².